The number of halogens is 2. The van der Waals surface area contributed by atoms with Crippen molar-refractivity contribution >= 4 is 39.3 Å². The van der Waals surface area contributed by atoms with E-state index < -0.39 is 5.97 Å². The second-order valence-corrected chi connectivity index (χ2v) is 4.97. The molecule has 0 spiro atoms. The summed E-state index contributed by atoms with van der Waals surface area (Å²) in [6, 6.07) is 4.49. The summed E-state index contributed by atoms with van der Waals surface area (Å²) < 4.78 is 4.60. The van der Waals surface area contributed by atoms with Crippen LogP contribution in [0.2, 0.25) is 5.02 Å². The second kappa shape index (κ2) is 5.46. The number of hydrogen-bond donors (Lipinski definition) is 0. The van der Waals surface area contributed by atoms with Gasteiger partial charge in [-0.3, -0.25) is 4.79 Å². The summed E-state index contributed by atoms with van der Waals surface area (Å²) in [6.45, 7) is 1.68. The van der Waals surface area contributed by atoms with E-state index in [1.165, 1.54) is 19.2 Å². The first kappa shape index (κ1) is 13.2. The van der Waals surface area contributed by atoms with Gasteiger partial charge in [0, 0.05) is 10.6 Å². The van der Waals surface area contributed by atoms with Crippen molar-refractivity contribution in [2.75, 3.05) is 7.11 Å². The molecule has 0 aliphatic heterocycles. The van der Waals surface area contributed by atoms with Crippen LogP contribution in [-0.4, -0.2) is 23.7 Å². The van der Waals surface area contributed by atoms with Crippen LogP contribution in [0.15, 0.2) is 18.2 Å². The van der Waals surface area contributed by atoms with Gasteiger partial charge in [-0.25, -0.2) is 4.79 Å². The largest absolute Gasteiger partial charge is 0.465 e. The topological polar surface area (TPSA) is 43.4 Å². The number of ketones is 1. The third-order valence-electron chi connectivity index (χ3n) is 2.01. The Kier molecular flexibility index (Phi) is 4.50. The Morgan fingerprint density at radius 3 is 2.50 bits per heavy atom. The van der Waals surface area contributed by atoms with Crippen molar-refractivity contribution in [2.24, 2.45) is 0 Å². The maximum atomic E-state index is 11.8. The van der Waals surface area contributed by atoms with Gasteiger partial charge in [0.1, 0.15) is 0 Å². The van der Waals surface area contributed by atoms with Crippen LogP contribution in [0.1, 0.15) is 27.6 Å². The molecule has 0 aromatic heterocycles. The fourth-order valence-corrected chi connectivity index (χ4v) is 1.64. The Morgan fingerprint density at radius 2 is 2.00 bits per heavy atom. The number of carbonyl (C=O) groups excluding carboxylic acids is 2. The van der Waals surface area contributed by atoms with Crippen LogP contribution in [0.5, 0.6) is 0 Å². The molecule has 0 bridgehead atoms. The van der Waals surface area contributed by atoms with E-state index in [-0.39, 0.29) is 21.7 Å². The number of methoxy groups -OCH3 is 1. The van der Waals surface area contributed by atoms with Crippen LogP contribution in [0.3, 0.4) is 0 Å². The fraction of sp³-hybridized carbons (Fsp3) is 0.273. The highest BCUT2D eigenvalue weighted by Gasteiger charge is 2.20. The van der Waals surface area contributed by atoms with Crippen molar-refractivity contribution in [3.63, 3.8) is 0 Å². The van der Waals surface area contributed by atoms with Crippen molar-refractivity contribution in [3.05, 3.63) is 34.3 Å². The summed E-state index contributed by atoms with van der Waals surface area (Å²) >= 11 is 8.96. The molecule has 0 aliphatic rings. The van der Waals surface area contributed by atoms with Gasteiger partial charge in [-0.15, -0.1) is 0 Å². The Morgan fingerprint density at radius 1 is 1.38 bits per heavy atom. The fourth-order valence-electron chi connectivity index (χ4n) is 1.22. The molecule has 1 unspecified atom stereocenters. The van der Waals surface area contributed by atoms with Crippen LogP contribution in [-0.2, 0) is 4.74 Å². The molecule has 5 heteroatoms. The predicted octanol–water partition coefficient (Wildman–Crippen LogP) is 3.09. The molecular formula is C11H10BrClO3. The van der Waals surface area contributed by atoms with Gasteiger partial charge < -0.3 is 4.74 Å². The highest BCUT2D eigenvalue weighted by molar-refractivity contribution is 9.10. The normalized spacial score (nSPS) is 12.0. The van der Waals surface area contributed by atoms with Gasteiger partial charge >= 0.3 is 5.97 Å². The van der Waals surface area contributed by atoms with E-state index in [1.54, 1.807) is 13.0 Å². The van der Waals surface area contributed by atoms with Crippen LogP contribution in [0.25, 0.3) is 0 Å². The Bertz CT molecular complexity index is 429. The zero-order valence-corrected chi connectivity index (χ0v) is 11.1. The van der Waals surface area contributed by atoms with E-state index in [4.69, 9.17) is 11.6 Å². The van der Waals surface area contributed by atoms with Gasteiger partial charge in [-0.1, -0.05) is 27.5 Å². The number of benzene rings is 1. The molecule has 0 fully saturated rings. The molecule has 86 valence electrons. The average Bonchev–Trinajstić information content (AvgIpc) is 2.26. The molecule has 0 saturated heterocycles. The van der Waals surface area contributed by atoms with Gasteiger partial charge in [-0.2, -0.15) is 0 Å². The molecule has 1 aromatic rings. The number of hydrogen-bond acceptors (Lipinski definition) is 3. The minimum atomic E-state index is -0.548. The van der Waals surface area contributed by atoms with Crippen LogP contribution in [0.4, 0.5) is 0 Å². The van der Waals surface area contributed by atoms with Crippen molar-refractivity contribution in [3.8, 4) is 0 Å². The van der Waals surface area contributed by atoms with Gasteiger partial charge in [-0.05, 0) is 25.1 Å². The predicted molar refractivity (Wildman–Crippen MR) is 65.5 cm³/mol. The molecule has 0 amide bonds. The average molecular weight is 306 g/mol. The quantitative estimate of drug-likeness (QED) is 0.489. The van der Waals surface area contributed by atoms with Gasteiger partial charge in [0.05, 0.1) is 17.5 Å². The van der Waals surface area contributed by atoms with E-state index in [1.807, 2.05) is 0 Å². The zero-order valence-electron chi connectivity index (χ0n) is 8.79. The number of esters is 1. The molecule has 1 aromatic carbocycles. The van der Waals surface area contributed by atoms with E-state index in [0.29, 0.717) is 5.02 Å². The Hall–Kier alpha value is -0.870. The maximum Gasteiger partial charge on any atom is 0.338 e. The summed E-state index contributed by atoms with van der Waals surface area (Å²) in [5, 5.41) is 0.407. The van der Waals surface area contributed by atoms with E-state index in [0.717, 1.165) is 0 Å². The molecule has 0 N–H and O–H groups in total. The SMILES string of the molecule is COC(=O)c1ccc(Cl)cc1C(=O)C(C)Br. The van der Waals surface area contributed by atoms with E-state index in [2.05, 4.69) is 20.7 Å². The monoisotopic (exact) mass is 304 g/mol. The molecule has 0 radical (unpaired) electrons. The number of ether oxygens (including phenoxy) is 1. The van der Waals surface area contributed by atoms with Gasteiger partial charge in [0.2, 0.25) is 0 Å². The molecular weight excluding hydrogens is 295 g/mol. The first-order chi connectivity index (χ1) is 7.47. The lowest BCUT2D eigenvalue weighted by molar-refractivity contribution is 0.0597. The summed E-state index contributed by atoms with van der Waals surface area (Å²) in [5.41, 5.74) is 0.493. The van der Waals surface area contributed by atoms with Crippen molar-refractivity contribution < 1.29 is 14.3 Å². The molecule has 0 heterocycles. The smallest absolute Gasteiger partial charge is 0.338 e. The van der Waals surface area contributed by atoms with Crippen molar-refractivity contribution in [1.29, 1.82) is 0 Å². The minimum Gasteiger partial charge on any atom is -0.465 e. The lowest BCUT2D eigenvalue weighted by Gasteiger charge is -2.08. The highest BCUT2D eigenvalue weighted by Crippen LogP contribution is 2.20. The number of carbonyl (C=O) groups is 2. The first-order valence-electron chi connectivity index (χ1n) is 4.53. The van der Waals surface area contributed by atoms with Crippen LogP contribution < -0.4 is 0 Å². The second-order valence-electron chi connectivity index (χ2n) is 3.16. The Balaban J connectivity index is 3.29. The molecule has 0 saturated carbocycles. The summed E-state index contributed by atoms with van der Waals surface area (Å²) in [7, 11) is 1.27. The first-order valence-corrected chi connectivity index (χ1v) is 5.83. The highest BCUT2D eigenvalue weighted by atomic mass is 79.9. The minimum absolute atomic E-state index is 0.206. The lowest BCUT2D eigenvalue weighted by atomic mass is 10.0. The third-order valence-corrected chi connectivity index (χ3v) is 2.66. The Labute approximate surface area is 107 Å². The van der Waals surface area contributed by atoms with Crippen LogP contribution in [0, 0.1) is 0 Å². The van der Waals surface area contributed by atoms with Crippen molar-refractivity contribution in [2.45, 2.75) is 11.8 Å². The summed E-state index contributed by atoms with van der Waals surface area (Å²) in [6.07, 6.45) is 0. The summed E-state index contributed by atoms with van der Waals surface area (Å²) in [4.78, 5) is 22.9. The van der Waals surface area contributed by atoms with E-state index in [9.17, 15) is 9.59 Å². The summed E-state index contributed by atoms with van der Waals surface area (Å²) in [5.74, 6) is -0.754. The molecule has 1 rings (SSSR count). The standard InChI is InChI=1S/C11H10BrClO3/c1-6(12)10(14)9-5-7(13)3-4-8(9)11(15)16-2/h3-6H,1-2H3. The van der Waals surface area contributed by atoms with Gasteiger partial charge in [0.25, 0.3) is 0 Å². The number of alkyl halides is 1. The number of rotatable bonds is 3. The van der Waals surface area contributed by atoms with Crippen LogP contribution >= 0.6 is 27.5 Å². The van der Waals surface area contributed by atoms with Gasteiger partial charge in [0.15, 0.2) is 5.78 Å². The number of Topliss-reactive ketones (excluding diaryl/α,β-unsaturated/α-hetero) is 1. The van der Waals surface area contributed by atoms with Crippen molar-refractivity contribution in [1.82, 2.24) is 0 Å². The molecule has 1 atom stereocenters. The molecule has 0 aliphatic carbocycles. The van der Waals surface area contributed by atoms with E-state index >= 15 is 0 Å². The zero-order chi connectivity index (χ0) is 12.3. The molecule has 16 heavy (non-hydrogen) atoms. The molecule has 3 nitrogen and oxygen atoms in total. The third kappa shape index (κ3) is 2.83. The maximum absolute atomic E-state index is 11.8. The lowest BCUT2D eigenvalue weighted by Crippen LogP contribution is -2.16.